The van der Waals surface area contributed by atoms with Gasteiger partial charge in [-0.2, -0.15) is 0 Å². The number of nitrogens with two attached hydrogens (primary N) is 1. The highest BCUT2D eigenvalue weighted by Gasteiger charge is 2.20. The van der Waals surface area contributed by atoms with E-state index in [1.165, 1.54) is 0 Å². The normalized spacial score (nSPS) is 13.8. The van der Waals surface area contributed by atoms with E-state index in [1.807, 2.05) is 55.6 Å². The number of benzene rings is 1. The highest BCUT2D eigenvalue weighted by atomic mass is 32.1. The molecule has 3 nitrogen and oxygen atoms in total. The van der Waals surface area contributed by atoms with E-state index in [2.05, 4.69) is 5.32 Å². The van der Waals surface area contributed by atoms with E-state index < -0.39 is 6.04 Å². The van der Waals surface area contributed by atoms with Crippen LogP contribution in [0.5, 0.6) is 0 Å². The minimum absolute atomic E-state index is 0.122. The zero-order valence-electron chi connectivity index (χ0n) is 11.8. The third-order valence-electron chi connectivity index (χ3n) is 3.53. The van der Waals surface area contributed by atoms with Crippen LogP contribution < -0.4 is 11.1 Å². The summed E-state index contributed by atoms with van der Waals surface area (Å²) in [5, 5.41) is 4.98. The van der Waals surface area contributed by atoms with Gasteiger partial charge in [0, 0.05) is 16.1 Å². The van der Waals surface area contributed by atoms with Crippen LogP contribution in [0.1, 0.15) is 20.3 Å². The van der Waals surface area contributed by atoms with Crippen molar-refractivity contribution in [2.24, 2.45) is 11.7 Å². The maximum atomic E-state index is 12.2. The number of rotatable bonds is 5. The lowest BCUT2D eigenvalue weighted by Crippen LogP contribution is -2.40. The summed E-state index contributed by atoms with van der Waals surface area (Å²) in [6, 6.07) is 11.4. The number of para-hydroxylation sites is 1. The first kappa shape index (κ1) is 14.8. The molecule has 2 aromatic rings. The largest absolute Gasteiger partial charge is 0.324 e. The van der Waals surface area contributed by atoms with Crippen LogP contribution in [-0.4, -0.2) is 11.9 Å². The number of carbonyl (C=O) groups is 1. The van der Waals surface area contributed by atoms with Crippen LogP contribution in [0.15, 0.2) is 41.8 Å². The average molecular weight is 288 g/mol. The summed E-state index contributed by atoms with van der Waals surface area (Å²) in [6.07, 6.45) is 0.890. The molecule has 20 heavy (non-hydrogen) atoms. The van der Waals surface area contributed by atoms with Crippen LogP contribution in [0.25, 0.3) is 10.4 Å². The number of thiophene rings is 1. The van der Waals surface area contributed by atoms with Crippen molar-refractivity contribution >= 4 is 22.9 Å². The van der Waals surface area contributed by atoms with E-state index in [4.69, 9.17) is 5.73 Å². The quantitative estimate of drug-likeness (QED) is 0.881. The Labute approximate surface area is 123 Å². The molecule has 0 spiro atoms. The molecular formula is C16H20N2OS. The molecule has 1 aromatic heterocycles. The van der Waals surface area contributed by atoms with Gasteiger partial charge in [-0.3, -0.25) is 4.79 Å². The maximum Gasteiger partial charge on any atom is 0.241 e. The Balaban J connectivity index is 2.20. The zero-order chi connectivity index (χ0) is 14.5. The Kier molecular flexibility index (Phi) is 4.93. The summed E-state index contributed by atoms with van der Waals surface area (Å²) < 4.78 is 0. The minimum atomic E-state index is -0.476. The molecule has 106 valence electrons. The molecule has 0 aliphatic rings. The van der Waals surface area contributed by atoms with E-state index >= 15 is 0 Å². The Morgan fingerprint density at radius 2 is 2.05 bits per heavy atom. The third kappa shape index (κ3) is 3.26. The van der Waals surface area contributed by atoms with Crippen LogP contribution in [-0.2, 0) is 4.79 Å². The Morgan fingerprint density at radius 3 is 2.70 bits per heavy atom. The monoisotopic (exact) mass is 288 g/mol. The summed E-state index contributed by atoms with van der Waals surface area (Å²) >= 11 is 1.65. The van der Waals surface area contributed by atoms with Crippen LogP contribution in [0.2, 0.25) is 0 Å². The second-order valence-corrected chi connectivity index (χ2v) is 5.87. The lowest BCUT2D eigenvalue weighted by molar-refractivity contribution is -0.118. The first-order valence-corrected chi connectivity index (χ1v) is 7.70. The molecule has 2 atom stereocenters. The van der Waals surface area contributed by atoms with E-state index in [-0.39, 0.29) is 11.8 Å². The highest BCUT2D eigenvalue weighted by Crippen LogP contribution is 2.31. The molecule has 0 bridgehead atoms. The molecule has 0 fully saturated rings. The summed E-state index contributed by atoms with van der Waals surface area (Å²) in [5.74, 6) is 0.0484. The third-order valence-corrected chi connectivity index (χ3v) is 4.43. The lowest BCUT2D eigenvalue weighted by Gasteiger charge is -2.18. The van der Waals surface area contributed by atoms with Gasteiger partial charge in [0.05, 0.1) is 6.04 Å². The van der Waals surface area contributed by atoms with Gasteiger partial charge in [-0.25, -0.2) is 0 Å². The van der Waals surface area contributed by atoms with Gasteiger partial charge in [-0.1, -0.05) is 44.5 Å². The molecule has 0 aliphatic heterocycles. The summed E-state index contributed by atoms with van der Waals surface area (Å²) in [4.78, 5) is 13.3. The number of amides is 1. The van der Waals surface area contributed by atoms with Gasteiger partial charge in [0.15, 0.2) is 0 Å². The molecule has 0 radical (unpaired) electrons. The molecule has 0 unspecified atom stereocenters. The van der Waals surface area contributed by atoms with Gasteiger partial charge >= 0.3 is 0 Å². The number of hydrogen-bond acceptors (Lipinski definition) is 3. The predicted octanol–water partition coefficient (Wildman–Crippen LogP) is 3.73. The lowest BCUT2D eigenvalue weighted by atomic mass is 9.99. The number of carbonyl (C=O) groups excluding carboxylic acids is 1. The maximum absolute atomic E-state index is 12.2. The van der Waals surface area contributed by atoms with Gasteiger partial charge in [-0.15, -0.1) is 11.3 Å². The molecular weight excluding hydrogens is 268 g/mol. The van der Waals surface area contributed by atoms with Gasteiger partial charge in [0.2, 0.25) is 5.91 Å². The molecule has 0 saturated carbocycles. The SMILES string of the molecule is CC[C@H](C)[C@H](N)C(=O)Nc1ccccc1-c1cccs1. The molecule has 0 saturated heterocycles. The van der Waals surface area contributed by atoms with E-state index in [9.17, 15) is 4.79 Å². The fourth-order valence-electron chi connectivity index (χ4n) is 1.97. The zero-order valence-corrected chi connectivity index (χ0v) is 12.6. The fraction of sp³-hybridized carbons (Fsp3) is 0.312. The molecule has 0 aliphatic carbocycles. The first-order chi connectivity index (χ1) is 9.63. The molecule has 1 heterocycles. The summed E-state index contributed by atoms with van der Waals surface area (Å²) in [5.41, 5.74) is 7.83. The second-order valence-electron chi connectivity index (χ2n) is 4.92. The van der Waals surface area contributed by atoms with Crippen LogP contribution >= 0.6 is 11.3 Å². The molecule has 1 aromatic carbocycles. The Bertz CT molecular complexity index is 566. The van der Waals surface area contributed by atoms with Gasteiger partial charge in [-0.05, 0) is 23.4 Å². The average Bonchev–Trinajstić information content (AvgIpc) is 3.00. The molecule has 1 amide bonds. The molecule has 2 rings (SSSR count). The van der Waals surface area contributed by atoms with Crippen LogP contribution in [0.3, 0.4) is 0 Å². The number of nitrogens with one attached hydrogen (secondary N) is 1. The van der Waals surface area contributed by atoms with Crippen molar-refractivity contribution in [3.63, 3.8) is 0 Å². The van der Waals surface area contributed by atoms with Crippen LogP contribution in [0, 0.1) is 5.92 Å². The first-order valence-electron chi connectivity index (χ1n) is 6.82. The van der Waals surface area contributed by atoms with E-state index in [0.717, 1.165) is 22.5 Å². The van der Waals surface area contributed by atoms with Gasteiger partial charge in [0.1, 0.15) is 0 Å². The van der Waals surface area contributed by atoms with Gasteiger partial charge < -0.3 is 11.1 Å². The molecule has 3 N–H and O–H groups in total. The van der Waals surface area contributed by atoms with Crippen molar-refractivity contribution in [1.82, 2.24) is 0 Å². The second kappa shape index (κ2) is 6.68. The van der Waals surface area contributed by atoms with Crippen molar-refractivity contribution in [2.45, 2.75) is 26.3 Å². The van der Waals surface area contributed by atoms with Crippen LogP contribution in [0.4, 0.5) is 5.69 Å². The smallest absolute Gasteiger partial charge is 0.241 e. The Morgan fingerprint density at radius 1 is 1.30 bits per heavy atom. The standard InChI is InChI=1S/C16H20N2OS/c1-3-11(2)15(17)16(19)18-13-8-5-4-7-12(13)14-9-6-10-20-14/h4-11,15H,3,17H2,1-2H3,(H,18,19)/t11-,15-/m0/s1. The van der Waals surface area contributed by atoms with Crippen molar-refractivity contribution < 1.29 is 4.79 Å². The summed E-state index contributed by atoms with van der Waals surface area (Å²) in [7, 11) is 0. The topological polar surface area (TPSA) is 55.1 Å². The predicted molar refractivity (Wildman–Crippen MR) is 85.8 cm³/mol. The van der Waals surface area contributed by atoms with Crippen molar-refractivity contribution in [1.29, 1.82) is 0 Å². The van der Waals surface area contributed by atoms with Gasteiger partial charge in [0.25, 0.3) is 0 Å². The molecule has 4 heteroatoms. The Hall–Kier alpha value is -1.65. The number of anilines is 1. The summed E-state index contributed by atoms with van der Waals surface area (Å²) in [6.45, 7) is 4.03. The van der Waals surface area contributed by atoms with E-state index in [1.54, 1.807) is 11.3 Å². The number of hydrogen-bond donors (Lipinski definition) is 2. The minimum Gasteiger partial charge on any atom is -0.324 e. The van der Waals surface area contributed by atoms with E-state index in [0.29, 0.717) is 0 Å². The van der Waals surface area contributed by atoms with Crippen molar-refractivity contribution in [2.75, 3.05) is 5.32 Å². The van der Waals surface area contributed by atoms with Crippen molar-refractivity contribution in [3.05, 3.63) is 41.8 Å². The van der Waals surface area contributed by atoms with Crippen molar-refractivity contribution in [3.8, 4) is 10.4 Å². The fourth-order valence-corrected chi connectivity index (χ4v) is 2.73. The highest BCUT2D eigenvalue weighted by molar-refractivity contribution is 7.13.